The monoisotopic (exact) mass is 355 g/mol. The predicted molar refractivity (Wildman–Crippen MR) is 95.1 cm³/mol. The summed E-state index contributed by atoms with van der Waals surface area (Å²) in [6.45, 7) is 6.42. The first-order valence-corrected chi connectivity index (χ1v) is 9.63. The SMILES string of the molecule is CCOCC(=O)N1CCC(C(=O)NCCN2CCCCC2CO)CC1. The molecule has 0 radical (unpaired) electrons. The Balaban J connectivity index is 1.64. The molecular weight excluding hydrogens is 322 g/mol. The number of hydrogen-bond acceptors (Lipinski definition) is 5. The molecule has 144 valence electrons. The lowest BCUT2D eigenvalue weighted by Gasteiger charge is -2.35. The maximum Gasteiger partial charge on any atom is 0.248 e. The number of rotatable bonds is 8. The van der Waals surface area contributed by atoms with Crippen LogP contribution in [0.3, 0.4) is 0 Å². The van der Waals surface area contributed by atoms with Gasteiger partial charge in [0, 0.05) is 44.7 Å². The molecule has 0 aromatic rings. The molecule has 25 heavy (non-hydrogen) atoms. The number of hydrogen-bond donors (Lipinski definition) is 2. The van der Waals surface area contributed by atoms with Crippen molar-refractivity contribution in [3.05, 3.63) is 0 Å². The molecule has 0 saturated carbocycles. The molecule has 2 rings (SSSR count). The zero-order chi connectivity index (χ0) is 18.1. The average molecular weight is 355 g/mol. The highest BCUT2D eigenvalue weighted by molar-refractivity contribution is 5.80. The Labute approximate surface area is 150 Å². The molecule has 2 aliphatic heterocycles. The summed E-state index contributed by atoms with van der Waals surface area (Å²) < 4.78 is 5.16. The van der Waals surface area contributed by atoms with E-state index in [1.165, 1.54) is 12.8 Å². The topological polar surface area (TPSA) is 82.1 Å². The quantitative estimate of drug-likeness (QED) is 0.651. The van der Waals surface area contributed by atoms with Crippen molar-refractivity contribution in [1.29, 1.82) is 0 Å². The number of aliphatic hydroxyl groups excluding tert-OH is 1. The molecule has 7 nitrogen and oxygen atoms in total. The molecule has 2 fully saturated rings. The number of likely N-dealkylation sites (tertiary alicyclic amines) is 2. The average Bonchev–Trinajstić information content (AvgIpc) is 2.66. The van der Waals surface area contributed by atoms with Gasteiger partial charge in [0.2, 0.25) is 11.8 Å². The highest BCUT2D eigenvalue weighted by atomic mass is 16.5. The molecule has 0 aromatic heterocycles. The fraction of sp³-hybridized carbons (Fsp3) is 0.889. The summed E-state index contributed by atoms with van der Waals surface area (Å²) in [5.74, 6) is 0.0986. The van der Waals surface area contributed by atoms with Gasteiger partial charge in [-0.2, -0.15) is 0 Å². The molecule has 2 amide bonds. The second kappa shape index (κ2) is 10.7. The van der Waals surface area contributed by atoms with E-state index < -0.39 is 0 Å². The van der Waals surface area contributed by atoms with Gasteiger partial charge < -0.3 is 20.1 Å². The van der Waals surface area contributed by atoms with Gasteiger partial charge in [-0.15, -0.1) is 0 Å². The van der Waals surface area contributed by atoms with E-state index in [2.05, 4.69) is 10.2 Å². The van der Waals surface area contributed by atoms with Gasteiger partial charge in [0.05, 0.1) is 6.61 Å². The Morgan fingerprint density at radius 1 is 1.16 bits per heavy atom. The maximum absolute atomic E-state index is 12.3. The van der Waals surface area contributed by atoms with E-state index in [1.807, 2.05) is 6.92 Å². The van der Waals surface area contributed by atoms with Crippen LogP contribution >= 0.6 is 0 Å². The van der Waals surface area contributed by atoms with E-state index in [9.17, 15) is 14.7 Å². The van der Waals surface area contributed by atoms with Gasteiger partial charge in [-0.05, 0) is 39.2 Å². The Morgan fingerprint density at radius 2 is 1.92 bits per heavy atom. The minimum atomic E-state index is -0.00821. The minimum absolute atomic E-state index is 0.00821. The molecule has 2 N–H and O–H groups in total. The lowest BCUT2D eigenvalue weighted by atomic mass is 9.96. The normalized spacial score (nSPS) is 22.8. The number of amides is 2. The molecule has 2 heterocycles. The summed E-state index contributed by atoms with van der Waals surface area (Å²) in [5, 5.41) is 12.5. The summed E-state index contributed by atoms with van der Waals surface area (Å²) in [6.07, 6.45) is 4.81. The van der Waals surface area contributed by atoms with E-state index in [-0.39, 0.29) is 37.0 Å². The third-order valence-corrected chi connectivity index (χ3v) is 5.31. The van der Waals surface area contributed by atoms with Crippen LogP contribution in [-0.4, -0.2) is 85.3 Å². The van der Waals surface area contributed by atoms with Crippen molar-refractivity contribution in [2.75, 3.05) is 52.5 Å². The fourth-order valence-corrected chi connectivity index (χ4v) is 3.70. The van der Waals surface area contributed by atoms with Gasteiger partial charge in [0.1, 0.15) is 6.61 Å². The summed E-state index contributed by atoms with van der Waals surface area (Å²) >= 11 is 0. The van der Waals surface area contributed by atoms with Crippen molar-refractivity contribution in [2.24, 2.45) is 5.92 Å². The Kier molecular flexibility index (Phi) is 8.64. The molecule has 0 aliphatic carbocycles. The number of piperidine rings is 2. The van der Waals surface area contributed by atoms with Crippen molar-refractivity contribution in [3.63, 3.8) is 0 Å². The molecule has 7 heteroatoms. The zero-order valence-corrected chi connectivity index (χ0v) is 15.4. The number of carbonyl (C=O) groups is 2. The Morgan fingerprint density at radius 3 is 2.60 bits per heavy atom. The molecule has 1 atom stereocenters. The van der Waals surface area contributed by atoms with Crippen LogP contribution in [0, 0.1) is 5.92 Å². The van der Waals surface area contributed by atoms with Gasteiger partial charge in [-0.3, -0.25) is 14.5 Å². The molecule has 0 aromatic carbocycles. The zero-order valence-electron chi connectivity index (χ0n) is 15.4. The van der Waals surface area contributed by atoms with Crippen molar-refractivity contribution >= 4 is 11.8 Å². The van der Waals surface area contributed by atoms with Gasteiger partial charge in [-0.25, -0.2) is 0 Å². The molecular formula is C18H33N3O4. The van der Waals surface area contributed by atoms with Crippen LogP contribution in [0.5, 0.6) is 0 Å². The predicted octanol–water partition coefficient (Wildman–Crippen LogP) is 0.225. The highest BCUT2D eigenvalue weighted by Gasteiger charge is 2.27. The van der Waals surface area contributed by atoms with Crippen LogP contribution in [-0.2, 0) is 14.3 Å². The van der Waals surface area contributed by atoms with Gasteiger partial charge >= 0.3 is 0 Å². The summed E-state index contributed by atoms with van der Waals surface area (Å²) in [6, 6.07) is 0.241. The molecule has 2 saturated heterocycles. The van der Waals surface area contributed by atoms with Crippen LogP contribution in [0.25, 0.3) is 0 Å². The second-order valence-electron chi connectivity index (χ2n) is 6.95. The Bertz CT molecular complexity index is 425. The lowest BCUT2D eigenvalue weighted by molar-refractivity contribution is -0.139. The third-order valence-electron chi connectivity index (χ3n) is 5.31. The van der Waals surface area contributed by atoms with E-state index in [0.717, 1.165) is 19.5 Å². The number of nitrogens with zero attached hydrogens (tertiary/aromatic N) is 2. The van der Waals surface area contributed by atoms with Crippen molar-refractivity contribution in [1.82, 2.24) is 15.1 Å². The van der Waals surface area contributed by atoms with Crippen LogP contribution < -0.4 is 5.32 Å². The Hall–Kier alpha value is -1.18. The third kappa shape index (κ3) is 6.24. The lowest BCUT2D eigenvalue weighted by Crippen LogP contribution is -2.47. The van der Waals surface area contributed by atoms with Crippen molar-refractivity contribution in [3.8, 4) is 0 Å². The largest absolute Gasteiger partial charge is 0.395 e. The van der Waals surface area contributed by atoms with E-state index in [4.69, 9.17) is 4.74 Å². The number of carbonyl (C=O) groups excluding carboxylic acids is 2. The van der Waals surface area contributed by atoms with E-state index in [0.29, 0.717) is 39.1 Å². The smallest absolute Gasteiger partial charge is 0.248 e. The van der Waals surface area contributed by atoms with E-state index in [1.54, 1.807) is 4.90 Å². The molecule has 0 spiro atoms. The van der Waals surface area contributed by atoms with Gasteiger partial charge in [0.15, 0.2) is 0 Å². The van der Waals surface area contributed by atoms with Crippen LogP contribution in [0.1, 0.15) is 39.0 Å². The molecule has 0 bridgehead atoms. The fourth-order valence-electron chi connectivity index (χ4n) is 3.70. The highest BCUT2D eigenvalue weighted by Crippen LogP contribution is 2.18. The standard InChI is InChI=1S/C18H33N3O4/c1-2-25-14-17(23)21-10-6-15(7-11-21)18(24)19-8-12-20-9-4-3-5-16(20)13-22/h15-16,22H,2-14H2,1H3,(H,19,24). The first kappa shape index (κ1) is 20.1. The number of nitrogens with one attached hydrogen (secondary N) is 1. The number of aliphatic hydroxyl groups is 1. The summed E-state index contributed by atoms with van der Waals surface area (Å²) in [4.78, 5) is 28.3. The van der Waals surface area contributed by atoms with Gasteiger partial charge in [0.25, 0.3) is 0 Å². The molecule has 1 unspecified atom stereocenters. The van der Waals surface area contributed by atoms with Crippen LogP contribution in [0.2, 0.25) is 0 Å². The minimum Gasteiger partial charge on any atom is -0.395 e. The first-order chi connectivity index (χ1) is 12.2. The van der Waals surface area contributed by atoms with E-state index >= 15 is 0 Å². The van der Waals surface area contributed by atoms with Crippen LogP contribution in [0.4, 0.5) is 0 Å². The van der Waals surface area contributed by atoms with Gasteiger partial charge in [-0.1, -0.05) is 6.42 Å². The summed E-state index contributed by atoms with van der Waals surface area (Å²) in [7, 11) is 0. The second-order valence-corrected chi connectivity index (χ2v) is 6.95. The first-order valence-electron chi connectivity index (χ1n) is 9.63. The summed E-state index contributed by atoms with van der Waals surface area (Å²) in [5.41, 5.74) is 0. The molecule has 2 aliphatic rings. The van der Waals surface area contributed by atoms with Crippen LogP contribution in [0.15, 0.2) is 0 Å². The van der Waals surface area contributed by atoms with Crippen molar-refractivity contribution in [2.45, 2.75) is 45.1 Å². The maximum atomic E-state index is 12.3. The number of ether oxygens (including phenoxy) is 1. The van der Waals surface area contributed by atoms with Crippen molar-refractivity contribution < 1.29 is 19.4 Å².